The lowest BCUT2D eigenvalue weighted by molar-refractivity contribution is -0.0494. The van der Waals surface area contributed by atoms with Gasteiger partial charge in [-0.25, -0.2) is 4.79 Å². The highest BCUT2D eigenvalue weighted by Crippen LogP contribution is 2.30. The molecule has 0 aliphatic carbocycles. The van der Waals surface area contributed by atoms with E-state index in [9.17, 15) is 18.4 Å². The molecule has 1 aromatic heterocycles. The maximum Gasteiger partial charge on any atom is 0.387 e. The van der Waals surface area contributed by atoms with Gasteiger partial charge in [0.05, 0.1) is 5.69 Å². The van der Waals surface area contributed by atoms with E-state index in [1.807, 2.05) is 0 Å². The second-order valence-corrected chi connectivity index (χ2v) is 4.89. The summed E-state index contributed by atoms with van der Waals surface area (Å²) in [5, 5.41) is 11.5. The van der Waals surface area contributed by atoms with Gasteiger partial charge < -0.3 is 19.6 Å². The first-order valence-corrected chi connectivity index (χ1v) is 7.05. The number of nitrogens with one attached hydrogen (secondary N) is 1. The van der Waals surface area contributed by atoms with Crippen molar-refractivity contribution in [2.45, 2.75) is 26.9 Å². The van der Waals surface area contributed by atoms with E-state index < -0.39 is 18.5 Å². The summed E-state index contributed by atoms with van der Waals surface area (Å²) in [6, 6.07) is 5.50. The third-order valence-electron chi connectivity index (χ3n) is 3.27. The lowest BCUT2D eigenvalue weighted by Crippen LogP contribution is -2.14. The van der Waals surface area contributed by atoms with Crippen molar-refractivity contribution in [1.29, 1.82) is 0 Å². The summed E-state index contributed by atoms with van der Waals surface area (Å²) in [6.45, 7) is 0.246. The Morgan fingerprint density at radius 1 is 1.38 bits per heavy atom. The molecule has 24 heavy (non-hydrogen) atoms. The quantitative estimate of drug-likeness (QED) is 0.838. The Labute approximate surface area is 136 Å². The zero-order valence-corrected chi connectivity index (χ0v) is 12.9. The number of furan rings is 1. The topological polar surface area (TPSA) is 88.8 Å². The van der Waals surface area contributed by atoms with Gasteiger partial charge in [0.1, 0.15) is 17.1 Å². The molecule has 0 spiro atoms. The first kappa shape index (κ1) is 17.5. The monoisotopic (exact) mass is 339 g/mol. The van der Waals surface area contributed by atoms with Crippen LogP contribution in [0.5, 0.6) is 5.75 Å². The Balaban J connectivity index is 2.32. The minimum atomic E-state index is -3.05. The fourth-order valence-corrected chi connectivity index (χ4v) is 2.15. The predicted molar refractivity (Wildman–Crippen MR) is 80.8 cm³/mol. The number of aryl methyl sites for hydroxylation is 2. The summed E-state index contributed by atoms with van der Waals surface area (Å²) in [4.78, 5) is 23.4. The number of hydrogen-bond acceptors (Lipinski definition) is 4. The van der Waals surface area contributed by atoms with E-state index in [-0.39, 0.29) is 28.5 Å². The number of ether oxygens (including phenoxy) is 1. The van der Waals surface area contributed by atoms with Crippen LogP contribution in [0, 0.1) is 6.92 Å². The SMILES string of the molecule is CCc1oc(C(=O)Nc2c(C)cccc2OC(F)F)cc1C(=O)O. The summed E-state index contributed by atoms with van der Waals surface area (Å²) < 4.78 is 34.5. The van der Waals surface area contributed by atoms with Crippen molar-refractivity contribution < 1.29 is 32.6 Å². The molecule has 0 unspecified atom stereocenters. The number of para-hydroxylation sites is 1. The maximum atomic E-state index is 12.5. The molecular formula is C16H15F2NO5. The molecule has 6 nitrogen and oxygen atoms in total. The summed E-state index contributed by atoms with van der Waals surface area (Å²) in [7, 11) is 0. The Bertz CT molecular complexity index is 770. The van der Waals surface area contributed by atoms with Gasteiger partial charge in [-0.05, 0) is 18.6 Å². The number of benzene rings is 1. The molecule has 0 saturated carbocycles. The summed E-state index contributed by atoms with van der Waals surface area (Å²) in [6.07, 6.45) is 0.291. The zero-order chi connectivity index (χ0) is 17.9. The van der Waals surface area contributed by atoms with Gasteiger partial charge in [0.2, 0.25) is 0 Å². The van der Waals surface area contributed by atoms with Crippen LogP contribution in [0.15, 0.2) is 28.7 Å². The molecule has 0 fully saturated rings. The second kappa shape index (κ2) is 7.12. The minimum absolute atomic E-state index is 0.0640. The summed E-state index contributed by atoms with van der Waals surface area (Å²) in [5.41, 5.74) is 0.452. The van der Waals surface area contributed by atoms with Crippen LogP contribution in [-0.2, 0) is 6.42 Å². The van der Waals surface area contributed by atoms with E-state index in [2.05, 4.69) is 10.1 Å². The molecule has 1 amide bonds. The van der Waals surface area contributed by atoms with Gasteiger partial charge in [0.25, 0.3) is 5.91 Å². The number of anilines is 1. The minimum Gasteiger partial charge on any atom is -0.478 e. The van der Waals surface area contributed by atoms with Crippen molar-refractivity contribution in [1.82, 2.24) is 0 Å². The number of carboxylic acid groups (broad SMARTS) is 1. The smallest absolute Gasteiger partial charge is 0.387 e. The molecule has 8 heteroatoms. The number of carbonyl (C=O) groups is 2. The van der Waals surface area contributed by atoms with Gasteiger partial charge in [0, 0.05) is 12.5 Å². The third-order valence-corrected chi connectivity index (χ3v) is 3.27. The van der Waals surface area contributed by atoms with E-state index in [1.54, 1.807) is 19.9 Å². The van der Waals surface area contributed by atoms with Crippen LogP contribution in [0.3, 0.4) is 0 Å². The van der Waals surface area contributed by atoms with E-state index in [0.717, 1.165) is 6.07 Å². The highest BCUT2D eigenvalue weighted by atomic mass is 19.3. The first-order chi connectivity index (χ1) is 11.3. The lowest BCUT2D eigenvalue weighted by atomic mass is 10.1. The molecule has 0 aliphatic heterocycles. The number of alkyl halides is 2. The van der Waals surface area contributed by atoms with Crippen LogP contribution < -0.4 is 10.1 Å². The molecule has 0 saturated heterocycles. The van der Waals surface area contributed by atoms with Gasteiger partial charge >= 0.3 is 12.6 Å². The van der Waals surface area contributed by atoms with Crippen molar-refractivity contribution in [3.05, 3.63) is 46.9 Å². The maximum absolute atomic E-state index is 12.5. The molecule has 2 rings (SSSR count). The van der Waals surface area contributed by atoms with Crippen molar-refractivity contribution in [2.75, 3.05) is 5.32 Å². The molecule has 0 aliphatic rings. The molecule has 1 heterocycles. The molecule has 1 aromatic carbocycles. The van der Waals surface area contributed by atoms with E-state index >= 15 is 0 Å². The molecule has 0 radical (unpaired) electrons. The highest BCUT2D eigenvalue weighted by Gasteiger charge is 2.22. The predicted octanol–water partition coefficient (Wildman–Crippen LogP) is 3.70. The normalized spacial score (nSPS) is 10.7. The van der Waals surface area contributed by atoms with Crippen LogP contribution in [0.4, 0.5) is 14.5 Å². The zero-order valence-electron chi connectivity index (χ0n) is 12.9. The summed E-state index contributed by atoms with van der Waals surface area (Å²) in [5.74, 6) is -2.24. The van der Waals surface area contributed by atoms with Crippen LogP contribution in [0.1, 0.15) is 39.2 Å². The fourth-order valence-electron chi connectivity index (χ4n) is 2.15. The Morgan fingerprint density at radius 3 is 2.62 bits per heavy atom. The van der Waals surface area contributed by atoms with E-state index in [1.165, 1.54) is 12.1 Å². The van der Waals surface area contributed by atoms with Crippen molar-refractivity contribution >= 4 is 17.6 Å². The number of hydrogen-bond donors (Lipinski definition) is 2. The van der Waals surface area contributed by atoms with E-state index in [0.29, 0.717) is 12.0 Å². The third kappa shape index (κ3) is 3.70. The molecule has 2 aromatic rings. The Hall–Kier alpha value is -2.90. The number of halogens is 2. The number of aromatic carboxylic acids is 1. The summed E-state index contributed by atoms with van der Waals surface area (Å²) >= 11 is 0. The Kier molecular flexibility index (Phi) is 5.18. The van der Waals surface area contributed by atoms with Crippen LogP contribution >= 0.6 is 0 Å². The van der Waals surface area contributed by atoms with Crippen LogP contribution in [0.25, 0.3) is 0 Å². The fraction of sp³-hybridized carbons (Fsp3) is 0.250. The molecule has 128 valence electrons. The molecular weight excluding hydrogens is 324 g/mol. The number of amides is 1. The number of rotatable bonds is 6. The van der Waals surface area contributed by atoms with E-state index in [4.69, 9.17) is 9.52 Å². The average molecular weight is 339 g/mol. The first-order valence-electron chi connectivity index (χ1n) is 7.05. The van der Waals surface area contributed by atoms with Crippen molar-refractivity contribution in [3.8, 4) is 5.75 Å². The number of carboxylic acids is 1. The average Bonchev–Trinajstić information content (AvgIpc) is 2.94. The van der Waals surface area contributed by atoms with Crippen LogP contribution in [-0.4, -0.2) is 23.6 Å². The van der Waals surface area contributed by atoms with Crippen molar-refractivity contribution in [2.24, 2.45) is 0 Å². The lowest BCUT2D eigenvalue weighted by Gasteiger charge is -2.13. The number of carbonyl (C=O) groups excluding carboxylic acids is 1. The van der Waals surface area contributed by atoms with Crippen molar-refractivity contribution in [3.63, 3.8) is 0 Å². The van der Waals surface area contributed by atoms with Gasteiger partial charge in [-0.2, -0.15) is 8.78 Å². The van der Waals surface area contributed by atoms with Gasteiger partial charge in [-0.15, -0.1) is 0 Å². The molecule has 0 bridgehead atoms. The van der Waals surface area contributed by atoms with Gasteiger partial charge in [-0.3, -0.25) is 4.79 Å². The van der Waals surface area contributed by atoms with Gasteiger partial charge in [-0.1, -0.05) is 19.1 Å². The molecule has 0 atom stereocenters. The Morgan fingerprint density at radius 2 is 2.08 bits per heavy atom. The van der Waals surface area contributed by atoms with Gasteiger partial charge in [0.15, 0.2) is 5.76 Å². The highest BCUT2D eigenvalue weighted by molar-refractivity contribution is 6.05. The second-order valence-electron chi connectivity index (χ2n) is 4.89. The largest absolute Gasteiger partial charge is 0.478 e. The molecule has 2 N–H and O–H groups in total. The van der Waals surface area contributed by atoms with Crippen LogP contribution in [0.2, 0.25) is 0 Å². The standard InChI is InChI=1S/C16H15F2NO5/c1-3-10-9(15(21)22)7-12(23-10)14(20)19-13-8(2)5-4-6-11(13)24-16(17)18/h4-7,16H,3H2,1-2H3,(H,19,20)(H,21,22).